The lowest BCUT2D eigenvalue weighted by Crippen LogP contribution is -1.98. The van der Waals surface area contributed by atoms with Crippen molar-refractivity contribution in [2.45, 2.75) is 6.54 Å². The molecule has 1 heterocycles. The van der Waals surface area contributed by atoms with Crippen LogP contribution in [0.15, 0.2) is 41.3 Å². The molecule has 2 N–H and O–H groups in total. The van der Waals surface area contributed by atoms with Crippen molar-refractivity contribution in [1.82, 2.24) is 4.98 Å². The summed E-state index contributed by atoms with van der Waals surface area (Å²) in [7, 11) is 0. The highest BCUT2D eigenvalue weighted by Gasteiger charge is 2.04. The molecule has 0 saturated carbocycles. The number of oxazole rings is 1. The Morgan fingerprint density at radius 1 is 1.31 bits per heavy atom. The van der Waals surface area contributed by atoms with Crippen molar-refractivity contribution < 1.29 is 4.42 Å². The van der Waals surface area contributed by atoms with Crippen molar-refractivity contribution in [3.8, 4) is 11.3 Å². The van der Waals surface area contributed by atoms with Gasteiger partial charge in [-0.15, -0.1) is 0 Å². The van der Waals surface area contributed by atoms with E-state index in [2.05, 4.69) is 4.98 Å². The van der Waals surface area contributed by atoms with Crippen LogP contribution in [0.25, 0.3) is 11.3 Å². The first kappa shape index (κ1) is 8.01. The van der Waals surface area contributed by atoms with Gasteiger partial charge in [-0.25, -0.2) is 4.98 Å². The molecule has 0 aliphatic carbocycles. The summed E-state index contributed by atoms with van der Waals surface area (Å²) >= 11 is 0. The van der Waals surface area contributed by atoms with Crippen LogP contribution in [-0.4, -0.2) is 4.98 Å². The highest BCUT2D eigenvalue weighted by Crippen LogP contribution is 2.20. The fourth-order valence-electron chi connectivity index (χ4n) is 1.29. The van der Waals surface area contributed by atoms with E-state index < -0.39 is 0 Å². The monoisotopic (exact) mass is 174 g/mol. The van der Waals surface area contributed by atoms with Crippen LogP contribution in [0.4, 0.5) is 0 Å². The molecule has 0 spiro atoms. The second-order valence-electron chi connectivity index (χ2n) is 2.73. The van der Waals surface area contributed by atoms with E-state index in [0.717, 1.165) is 16.8 Å². The van der Waals surface area contributed by atoms with Gasteiger partial charge in [0.2, 0.25) is 0 Å². The number of nitrogens with two attached hydrogens (primary N) is 1. The van der Waals surface area contributed by atoms with Gasteiger partial charge in [0.15, 0.2) is 6.39 Å². The summed E-state index contributed by atoms with van der Waals surface area (Å²) in [5, 5.41) is 0. The lowest BCUT2D eigenvalue weighted by Gasteiger charge is -2.02. The van der Waals surface area contributed by atoms with Crippen molar-refractivity contribution in [3.63, 3.8) is 0 Å². The molecule has 0 amide bonds. The van der Waals surface area contributed by atoms with Gasteiger partial charge < -0.3 is 10.2 Å². The molecule has 0 aliphatic heterocycles. The van der Waals surface area contributed by atoms with E-state index in [1.54, 1.807) is 6.26 Å². The molecule has 0 atom stereocenters. The molecule has 0 unspecified atom stereocenters. The minimum Gasteiger partial charge on any atom is -0.451 e. The molecule has 0 saturated heterocycles. The third kappa shape index (κ3) is 1.46. The van der Waals surface area contributed by atoms with E-state index in [1.165, 1.54) is 6.39 Å². The van der Waals surface area contributed by atoms with E-state index in [-0.39, 0.29) is 0 Å². The van der Waals surface area contributed by atoms with Crippen molar-refractivity contribution >= 4 is 0 Å². The van der Waals surface area contributed by atoms with Crippen molar-refractivity contribution in [2.24, 2.45) is 5.73 Å². The van der Waals surface area contributed by atoms with E-state index in [4.69, 9.17) is 10.2 Å². The largest absolute Gasteiger partial charge is 0.451 e. The average molecular weight is 174 g/mol. The Labute approximate surface area is 76.2 Å². The zero-order valence-electron chi connectivity index (χ0n) is 7.10. The fourth-order valence-corrected chi connectivity index (χ4v) is 1.29. The Kier molecular flexibility index (Phi) is 2.10. The predicted molar refractivity (Wildman–Crippen MR) is 49.8 cm³/mol. The molecule has 2 rings (SSSR count). The van der Waals surface area contributed by atoms with Gasteiger partial charge in [0.1, 0.15) is 12.0 Å². The molecule has 0 radical (unpaired) electrons. The van der Waals surface area contributed by atoms with Crippen LogP contribution in [-0.2, 0) is 6.54 Å². The zero-order chi connectivity index (χ0) is 9.10. The maximum absolute atomic E-state index is 5.60. The van der Waals surface area contributed by atoms with Crippen LogP contribution < -0.4 is 5.73 Å². The maximum atomic E-state index is 5.60. The van der Waals surface area contributed by atoms with Gasteiger partial charge in [-0.05, 0) is 5.56 Å². The molecule has 0 aliphatic rings. The Hall–Kier alpha value is -1.61. The minimum atomic E-state index is 0.517. The summed E-state index contributed by atoms with van der Waals surface area (Å²) in [6.07, 6.45) is 3.04. The molecule has 13 heavy (non-hydrogen) atoms. The number of hydrogen-bond donors (Lipinski definition) is 1. The number of hydrogen-bond acceptors (Lipinski definition) is 3. The van der Waals surface area contributed by atoms with Gasteiger partial charge in [0.25, 0.3) is 0 Å². The zero-order valence-corrected chi connectivity index (χ0v) is 7.10. The number of aromatic nitrogens is 1. The van der Waals surface area contributed by atoms with Crippen LogP contribution >= 0.6 is 0 Å². The van der Waals surface area contributed by atoms with Crippen LogP contribution in [0.5, 0.6) is 0 Å². The molecule has 1 aromatic carbocycles. The van der Waals surface area contributed by atoms with E-state index in [0.29, 0.717) is 6.54 Å². The second kappa shape index (κ2) is 3.41. The minimum absolute atomic E-state index is 0.517. The van der Waals surface area contributed by atoms with Gasteiger partial charge >= 0.3 is 0 Å². The maximum Gasteiger partial charge on any atom is 0.181 e. The van der Waals surface area contributed by atoms with E-state index in [1.807, 2.05) is 24.3 Å². The molecule has 0 bridgehead atoms. The molecular weight excluding hydrogens is 164 g/mol. The first-order valence-corrected chi connectivity index (χ1v) is 4.08. The Balaban J connectivity index is 2.51. The lowest BCUT2D eigenvalue weighted by molar-refractivity contribution is 0.558. The summed E-state index contributed by atoms with van der Waals surface area (Å²) in [4.78, 5) is 4.07. The standard InChI is InChI=1S/C10H10N2O/c11-5-8-3-1-2-4-9(8)10-6-13-7-12-10/h1-4,6-7H,5,11H2. The fraction of sp³-hybridized carbons (Fsp3) is 0.100. The van der Waals surface area contributed by atoms with Crippen LogP contribution in [0.3, 0.4) is 0 Å². The highest BCUT2D eigenvalue weighted by atomic mass is 16.3. The van der Waals surface area contributed by atoms with Gasteiger partial charge in [0.05, 0.1) is 0 Å². The lowest BCUT2D eigenvalue weighted by atomic mass is 10.1. The summed E-state index contributed by atoms with van der Waals surface area (Å²) in [6, 6.07) is 7.90. The molecule has 0 fully saturated rings. The molecule has 66 valence electrons. The van der Waals surface area contributed by atoms with Crippen LogP contribution in [0, 0.1) is 0 Å². The summed E-state index contributed by atoms with van der Waals surface area (Å²) < 4.78 is 4.92. The SMILES string of the molecule is NCc1ccccc1-c1cocn1. The van der Waals surface area contributed by atoms with Gasteiger partial charge in [-0.1, -0.05) is 24.3 Å². The Bertz CT molecular complexity index is 382. The number of benzene rings is 1. The highest BCUT2D eigenvalue weighted by molar-refractivity contribution is 5.62. The molecular formula is C10H10N2O. The van der Waals surface area contributed by atoms with Crippen LogP contribution in [0.1, 0.15) is 5.56 Å². The quantitative estimate of drug-likeness (QED) is 0.755. The molecule has 2 aromatic rings. The van der Waals surface area contributed by atoms with Gasteiger partial charge in [0, 0.05) is 12.1 Å². The molecule has 3 heteroatoms. The van der Waals surface area contributed by atoms with Crippen molar-refractivity contribution in [2.75, 3.05) is 0 Å². The summed E-state index contributed by atoms with van der Waals surface area (Å²) in [5.41, 5.74) is 8.55. The van der Waals surface area contributed by atoms with Crippen LogP contribution in [0.2, 0.25) is 0 Å². The molecule has 3 nitrogen and oxygen atoms in total. The second-order valence-corrected chi connectivity index (χ2v) is 2.73. The first-order valence-electron chi connectivity index (χ1n) is 4.08. The normalized spacial score (nSPS) is 10.2. The van der Waals surface area contributed by atoms with E-state index >= 15 is 0 Å². The van der Waals surface area contributed by atoms with E-state index in [9.17, 15) is 0 Å². The summed E-state index contributed by atoms with van der Waals surface area (Å²) in [6.45, 7) is 0.517. The smallest absolute Gasteiger partial charge is 0.181 e. The first-order chi connectivity index (χ1) is 6.42. The Morgan fingerprint density at radius 3 is 2.85 bits per heavy atom. The summed E-state index contributed by atoms with van der Waals surface area (Å²) in [5.74, 6) is 0. The molecule has 1 aromatic heterocycles. The van der Waals surface area contributed by atoms with Gasteiger partial charge in [-0.3, -0.25) is 0 Å². The predicted octanol–water partition coefficient (Wildman–Crippen LogP) is 1.80. The van der Waals surface area contributed by atoms with Gasteiger partial charge in [-0.2, -0.15) is 0 Å². The third-order valence-electron chi connectivity index (χ3n) is 1.95. The average Bonchev–Trinajstić information content (AvgIpc) is 2.70. The van der Waals surface area contributed by atoms with Crippen molar-refractivity contribution in [1.29, 1.82) is 0 Å². The topological polar surface area (TPSA) is 52.0 Å². The number of nitrogens with zero attached hydrogens (tertiary/aromatic N) is 1. The van der Waals surface area contributed by atoms with Crippen molar-refractivity contribution in [3.05, 3.63) is 42.5 Å². The third-order valence-corrected chi connectivity index (χ3v) is 1.95. The Morgan fingerprint density at radius 2 is 2.15 bits per heavy atom. The number of rotatable bonds is 2.